The number of H-pyrrole nitrogens is 2. The predicted octanol–water partition coefficient (Wildman–Crippen LogP) is 3.54. The Bertz CT molecular complexity index is 1780. The minimum Gasteiger partial charge on any atom is -0.354 e. The monoisotopic (exact) mass is 420 g/mol. The number of hydrogen-bond acceptors (Lipinski definition) is 4. The summed E-state index contributed by atoms with van der Waals surface area (Å²) in [5.74, 6) is 0. The molecule has 0 bridgehead atoms. The lowest BCUT2D eigenvalue weighted by atomic mass is 10.0. The average Bonchev–Trinajstić information content (AvgIpc) is 2.66. The molecule has 2 aromatic heterocycles. The summed E-state index contributed by atoms with van der Waals surface area (Å²) in [5.41, 5.74) is 2.35. The molecule has 0 aliphatic rings. The van der Waals surface area contributed by atoms with E-state index >= 15 is 0 Å². The molecule has 0 aliphatic carbocycles. The highest BCUT2D eigenvalue weighted by Gasteiger charge is 2.19. The number of aromatic nitrogens is 2. The lowest BCUT2D eigenvalue weighted by molar-refractivity contribution is 0.484. The third kappa shape index (κ3) is 2.51. The van der Waals surface area contributed by atoms with E-state index in [1.165, 1.54) is 12.1 Å². The van der Waals surface area contributed by atoms with E-state index in [-0.39, 0.29) is 26.7 Å². The van der Waals surface area contributed by atoms with Gasteiger partial charge in [-0.05, 0) is 49.2 Å². The summed E-state index contributed by atoms with van der Waals surface area (Å²) in [6.07, 6.45) is 0. The van der Waals surface area contributed by atoms with E-state index < -0.39 is 10.1 Å². The van der Waals surface area contributed by atoms with Crippen molar-refractivity contribution in [3.8, 4) is 0 Å². The molecule has 3 aromatic carbocycles. The normalized spacial score (nSPS) is 12.4. The van der Waals surface area contributed by atoms with E-state index in [1.807, 2.05) is 19.1 Å². The van der Waals surface area contributed by atoms with Gasteiger partial charge in [-0.15, -0.1) is 0 Å². The zero-order valence-electron chi connectivity index (χ0n) is 16.0. The van der Waals surface area contributed by atoms with Crippen molar-refractivity contribution in [2.75, 3.05) is 0 Å². The molecule has 0 saturated carbocycles. The Hall–Kier alpha value is -3.49. The third-order valence-corrected chi connectivity index (χ3v) is 6.45. The fraction of sp³-hybridized carbons (Fsp3) is 0.0909. The summed E-state index contributed by atoms with van der Waals surface area (Å²) < 4.78 is 33.3. The van der Waals surface area contributed by atoms with Crippen LogP contribution >= 0.6 is 0 Å². The number of aromatic amines is 2. The first-order chi connectivity index (χ1) is 14.2. The second-order valence-electron chi connectivity index (χ2n) is 7.45. The van der Waals surface area contributed by atoms with Gasteiger partial charge < -0.3 is 9.97 Å². The Balaban J connectivity index is 2.04. The number of aryl methyl sites for hydroxylation is 2. The molecule has 150 valence electrons. The minimum atomic E-state index is -4.55. The minimum absolute atomic E-state index is 0.0164. The van der Waals surface area contributed by atoms with Crippen molar-refractivity contribution < 1.29 is 13.0 Å². The lowest BCUT2D eigenvalue weighted by Gasteiger charge is -2.10. The second kappa shape index (κ2) is 6.01. The molecule has 0 aliphatic heterocycles. The van der Waals surface area contributed by atoms with Crippen molar-refractivity contribution in [2.45, 2.75) is 18.7 Å². The zero-order chi connectivity index (χ0) is 21.4. The number of hydrogen-bond donors (Lipinski definition) is 3. The van der Waals surface area contributed by atoms with Crippen LogP contribution in [0, 0.1) is 13.8 Å². The fourth-order valence-corrected chi connectivity index (χ4v) is 4.78. The van der Waals surface area contributed by atoms with Crippen molar-refractivity contribution in [3.63, 3.8) is 0 Å². The van der Waals surface area contributed by atoms with Crippen LogP contribution < -0.4 is 10.9 Å². The number of fused-ring (bicyclic) bond motifs is 4. The summed E-state index contributed by atoms with van der Waals surface area (Å²) in [4.78, 5) is 32.2. The van der Waals surface area contributed by atoms with E-state index in [9.17, 15) is 22.6 Å². The number of benzene rings is 3. The smallest absolute Gasteiger partial charge is 0.296 e. The lowest BCUT2D eigenvalue weighted by Crippen LogP contribution is -2.11. The van der Waals surface area contributed by atoms with E-state index in [0.29, 0.717) is 38.3 Å². The van der Waals surface area contributed by atoms with Crippen LogP contribution in [0.5, 0.6) is 0 Å². The Morgan fingerprint density at radius 1 is 0.767 bits per heavy atom. The van der Waals surface area contributed by atoms with Gasteiger partial charge in [0, 0.05) is 16.2 Å². The Morgan fingerprint density at radius 2 is 1.37 bits per heavy atom. The molecule has 8 heteroatoms. The predicted molar refractivity (Wildman–Crippen MR) is 117 cm³/mol. The van der Waals surface area contributed by atoms with Crippen LogP contribution in [0.25, 0.3) is 43.6 Å². The number of rotatable bonds is 1. The number of pyridine rings is 2. The summed E-state index contributed by atoms with van der Waals surface area (Å²) in [5, 5.41) is 1.42. The molecule has 0 amide bonds. The Kier molecular flexibility index (Phi) is 3.71. The maximum Gasteiger partial charge on any atom is 0.296 e. The Labute approximate surface area is 169 Å². The van der Waals surface area contributed by atoms with Crippen LogP contribution in [0.15, 0.2) is 56.9 Å². The molecule has 0 spiro atoms. The number of nitrogens with one attached hydrogen (secondary N) is 2. The van der Waals surface area contributed by atoms with E-state index in [1.54, 1.807) is 25.1 Å². The van der Waals surface area contributed by atoms with Gasteiger partial charge in [-0.1, -0.05) is 18.2 Å². The van der Waals surface area contributed by atoms with Crippen LogP contribution in [-0.2, 0) is 10.1 Å². The molecule has 30 heavy (non-hydrogen) atoms. The third-order valence-electron chi connectivity index (χ3n) is 5.56. The van der Waals surface area contributed by atoms with Crippen LogP contribution in [0.4, 0.5) is 0 Å². The van der Waals surface area contributed by atoms with Crippen LogP contribution in [0.2, 0.25) is 0 Å². The highest BCUT2D eigenvalue weighted by atomic mass is 32.2. The second-order valence-corrected chi connectivity index (χ2v) is 8.84. The molecule has 3 N–H and O–H groups in total. The van der Waals surface area contributed by atoms with Gasteiger partial charge in [0.25, 0.3) is 10.1 Å². The highest BCUT2D eigenvalue weighted by Crippen LogP contribution is 2.27. The highest BCUT2D eigenvalue weighted by molar-refractivity contribution is 7.86. The first-order valence-corrected chi connectivity index (χ1v) is 10.6. The SMILES string of the molecule is Cc1cccc2[nH]c3cc4c(=O)c5c(C)ccc(S(=O)(=O)O)c5[nH]c4cc3c(=O)c12. The molecule has 0 unspecified atom stereocenters. The first kappa shape index (κ1) is 18.5. The van der Waals surface area contributed by atoms with E-state index in [4.69, 9.17) is 0 Å². The van der Waals surface area contributed by atoms with Crippen LogP contribution in [0.3, 0.4) is 0 Å². The quantitative estimate of drug-likeness (QED) is 0.283. The summed E-state index contributed by atoms with van der Waals surface area (Å²) in [6.45, 7) is 3.54. The molecule has 0 atom stereocenters. The van der Waals surface area contributed by atoms with Crippen LogP contribution in [-0.4, -0.2) is 22.9 Å². The van der Waals surface area contributed by atoms with Crippen LogP contribution in [0.1, 0.15) is 11.1 Å². The van der Waals surface area contributed by atoms with Gasteiger partial charge in [0.1, 0.15) is 4.90 Å². The van der Waals surface area contributed by atoms with E-state index in [0.717, 1.165) is 5.56 Å². The summed E-state index contributed by atoms with van der Waals surface area (Å²) in [6, 6.07) is 11.4. The molecule has 2 heterocycles. The largest absolute Gasteiger partial charge is 0.354 e. The summed E-state index contributed by atoms with van der Waals surface area (Å²) >= 11 is 0. The fourth-order valence-electron chi connectivity index (χ4n) is 4.12. The van der Waals surface area contributed by atoms with E-state index in [2.05, 4.69) is 9.97 Å². The van der Waals surface area contributed by atoms with Crippen molar-refractivity contribution in [1.82, 2.24) is 9.97 Å². The standard InChI is InChI=1S/C22H16N2O5S/c1-10-4-3-5-14-18(10)21(25)12-9-16-13(8-15(12)23-14)22(26)19-11(2)6-7-17(20(19)24-16)30(27,28)29/h3-9H,1-2H3,(H,23,25)(H,24,26)(H,27,28,29). The van der Waals surface area contributed by atoms with Gasteiger partial charge in [-0.25, -0.2) is 0 Å². The molecule has 0 radical (unpaired) electrons. The Morgan fingerprint density at radius 3 is 2.03 bits per heavy atom. The van der Waals surface area contributed by atoms with Crippen molar-refractivity contribution in [1.29, 1.82) is 0 Å². The maximum absolute atomic E-state index is 13.2. The summed E-state index contributed by atoms with van der Waals surface area (Å²) in [7, 11) is -4.55. The van der Waals surface area contributed by atoms with Gasteiger partial charge in [-0.2, -0.15) is 8.42 Å². The molecule has 0 saturated heterocycles. The van der Waals surface area contributed by atoms with Gasteiger partial charge in [0.05, 0.1) is 27.5 Å². The van der Waals surface area contributed by atoms with Crippen molar-refractivity contribution >= 4 is 53.7 Å². The maximum atomic E-state index is 13.2. The van der Waals surface area contributed by atoms with Crippen molar-refractivity contribution in [3.05, 3.63) is 74.0 Å². The van der Waals surface area contributed by atoms with Crippen molar-refractivity contribution in [2.24, 2.45) is 0 Å². The molecular weight excluding hydrogens is 404 g/mol. The molecule has 5 rings (SSSR count). The average molecular weight is 420 g/mol. The zero-order valence-corrected chi connectivity index (χ0v) is 16.8. The molecular formula is C22H16N2O5S. The molecule has 0 fully saturated rings. The van der Waals surface area contributed by atoms with Gasteiger partial charge >= 0.3 is 0 Å². The van der Waals surface area contributed by atoms with Gasteiger partial charge in [-0.3, -0.25) is 14.1 Å². The van der Waals surface area contributed by atoms with Gasteiger partial charge in [0.15, 0.2) is 10.9 Å². The topological polar surface area (TPSA) is 120 Å². The van der Waals surface area contributed by atoms with Gasteiger partial charge in [0.2, 0.25) is 0 Å². The molecule has 5 aromatic rings. The molecule has 7 nitrogen and oxygen atoms in total. The first-order valence-electron chi connectivity index (χ1n) is 9.19.